The Balaban J connectivity index is 0.00000341. The van der Waals surface area contributed by atoms with Gasteiger partial charge in [0.05, 0.1) is 17.9 Å². The van der Waals surface area contributed by atoms with E-state index in [-0.39, 0.29) is 48.4 Å². The molecular formula is C22H33IN4O3S. The van der Waals surface area contributed by atoms with Crippen LogP contribution in [0.1, 0.15) is 37.8 Å². The fourth-order valence-corrected chi connectivity index (χ4v) is 4.48. The fraction of sp³-hybridized carbons (Fsp3) is 0.500. The number of benzene rings is 2. The van der Waals surface area contributed by atoms with Crippen LogP contribution in [0.3, 0.4) is 0 Å². The number of hydrogen-bond acceptors (Lipinski definition) is 4. The fourth-order valence-electron chi connectivity index (χ4n) is 3.52. The summed E-state index contributed by atoms with van der Waals surface area (Å²) < 4.78 is 32.7. The first-order chi connectivity index (χ1) is 14.5. The SMILES string of the molecule is CN=C(NCCS(=O)(=O)NCC1CCCCO1)NC(C)c1ccc2ccccc2c1.I. The molecule has 0 spiro atoms. The maximum atomic E-state index is 12.2. The molecule has 0 aliphatic carbocycles. The lowest BCUT2D eigenvalue weighted by molar-refractivity contribution is 0.0200. The predicted molar refractivity (Wildman–Crippen MR) is 138 cm³/mol. The van der Waals surface area contributed by atoms with Crippen LogP contribution in [0.25, 0.3) is 10.8 Å². The minimum absolute atomic E-state index is 0. The smallest absolute Gasteiger partial charge is 0.213 e. The second kappa shape index (κ2) is 12.6. The summed E-state index contributed by atoms with van der Waals surface area (Å²) in [7, 11) is -1.69. The highest BCUT2D eigenvalue weighted by molar-refractivity contribution is 14.0. The van der Waals surface area contributed by atoms with Crippen LogP contribution >= 0.6 is 24.0 Å². The molecule has 0 saturated carbocycles. The molecule has 1 heterocycles. The van der Waals surface area contributed by atoms with Gasteiger partial charge >= 0.3 is 0 Å². The zero-order valence-electron chi connectivity index (χ0n) is 18.1. The van der Waals surface area contributed by atoms with Gasteiger partial charge in [-0.25, -0.2) is 13.1 Å². The normalized spacial score (nSPS) is 18.3. The molecule has 0 bridgehead atoms. The number of nitrogens with one attached hydrogen (secondary N) is 3. The summed E-state index contributed by atoms with van der Waals surface area (Å²) in [5.74, 6) is 0.548. The number of nitrogens with zero attached hydrogens (tertiary/aromatic N) is 1. The standard InChI is InChI=1S/C22H32N4O3S.HI/c1-17(19-11-10-18-7-3-4-8-20(18)15-19)26-22(23-2)24-12-14-30(27,28)25-16-21-9-5-6-13-29-21;/h3-4,7-8,10-11,15,17,21,25H,5-6,9,12-14,16H2,1-2H3,(H2,23,24,26);1H. The van der Waals surface area contributed by atoms with E-state index in [1.54, 1.807) is 7.05 Å². The highest BCUT2D eigenvalue weighted by atomic mass is 127. The van der Waals surface area contributed by atoms with Crippen molar-refractivity contribution in [2.45, 2.75) is 38.3 Å². The van der Waals surface area contributed by atoms with Gasteiger partial charge in [0.25, 0.3) is 0 Å². The van der Waals surface area contributed by atoms with E-state index < -0.39 is 10.0 Å². The Morgan fingerprint density at radius 3 is 2.68 bits per heavy atom. The molecule has 1 aliphatic rings. The number of fused-ring (bicyclic) bond motifs is 1. The minimum atomic E-state index is -3.37. The first-order valence-corrected chi connectivity index (χ1v) is 12.2. The highest BCUT2D eigenvalue weighted by Gasteiger charge is 2.18. The van der Waals surface area contributed by atoms with Gasteiger partial charge in [-0.2, -0.15) is 0 Å². The van der Waals surface area contributed by atoms with Gasteiger partial charge in [-0.3, -0.25) is 4.99 Å². The third-order valence-electron chi connectivity index (χ3n) is 5.32. The summed E-state index contributed by atoms with van der Waals surface area (Å²) in [6.07, 6.45) is 3.03. The highest BCUT2D eigenvalue weighted by Crippen LogP contribution is 2.20. The maximum Gasteiger partial charge on any atom is 0.213 e. The Morgan fingerprint density at radius 2 is 1.97 bits per heavy atom. The van der Waals surface area contributed by atoms with E-state index in [2.05, 4.69) is 57.6 Å². The second-order valence-corrected chi connectivity index (χ2v) is 9.55. The summed E-state index contributed by atoms with van der Waals surface area (Å²) >= 11 is 0. The van der Waals surface area contributed by atoms with Crippen LogP contribution in [-0.2, 0) is 14.8 Å². The van der Waals surface area contributed by atoms with Crippen LogP contribution in [0.4, 0.5) is 0 Å². The molecule has 1 aliphatic heterocycles. The quantitative estimate of drug-likeness (QED) is 0.262. The molecule has 7 nitrogen and oxygen atoms in total. The number of rotatable bonds is 8. The first-order valence-electron chi connectivity index (χ1n) is 10.5. The van der Waals surface area contributed by atoms with Crippen molar-refractivity contribution in [2.75, 3.05) is 32.5 Å². The van der Waals surface area contributed by atoms with Crippen molar-refractivity contribution >= 4 is 50.7 Å². The van der Waals surface area contributed by atoms with E-state index in [1.165, 1.54) is 10.8 Å². The molecule has 1 saturated heterocycles. The summed E-state index contributed by atoms with van der Waals surface area (Å²) in [5, 5.41) is 8.80. The lowest BCUT2D eigenvalue weighted by Gasteiger charge is -2.22. The van der Waals surface area contributed by atoms with Crippen LogP contribution < -0.4 is 15.4 Å². The minimum Gasteiger partial charge on any atom is -0.377 e. The van der Waals surface area contributed by atoms with Crippen molar-refractivity contribution in [3.05, 3.63) is 48.0 Å². The lowest BCUT2D eigenvalue weighted by atomic mass is 10.0. The average Bonchev–Trinajstić information content (AvgIpc) is 2.77. The van der Waals surface area contributed by atoms with Crippen molar-refractivity contribution in [2.24, 2.45) is 4.99 Å². The van der Waals surface area contributed by atoms with E-state index in [9.17, 15) is 8.42 Å². The number of aliphatic imine (C=N–C) groups is 1. The van der Waals surface area contributed by atoms with Crippen molar-refractivity contribution in [1.82, 2.24) is 15.4 Å². The summed E-state index contributed by atoms with van der Waals surface area (Å²) in [5.41, 5.74) is 1.14. The van der Waals surface area contributed by atoms with Gasteiger partial charge in [0.1, 0.15) is 0 Å². The van der Waals surface area contributed by atoms with E-state index in [0.717, 1.165) is 24.8 Å². The molecular weight excluding hydrogens is 527 g/mol. The van der Waals surface area contributed by atoms with Gasteiger partial charge in [0, 0.05) is 26.7 Å². The van der Waals surface area contributed by atoms with Crippen molar-refractivity contribution in [3.63, 3.8) is 0 Å². The van der Waals surface area contributed by atoms with Gasteiger partial charge in [0.2, 0.25) is 10.0 Å². The van der Waals surface area contributed by atoms with Crippen molar-refractivity contribution in [3.8, 4) is 0 Å². The molecule has 0 amide bonds. The van der Waals surface area contributed by atoms with Gasteiger partial charge in [-0.1, -0.05) is 36.4 Å². The van der Waals surface area contributed by atoms with E-state index >= 15 is 0 Å². The topological polar surface area (TPSA) is 91.8 Å². The molecule has 9 heteroatoms. The van der Waals surface area contributed by atoms with Gasteiger partial charge < -0.3 is 15.4 Å². The Hall–Kier alpha value is -1.43. The van der Waals surface area contributed by atoms with Crippen molar-refractivity contribution < 1.29 is 13.2 Å². The van der Waals surface area contributed by atoms with E-state index in [4.69, 9.17) is 4.74 Å². The average molecular weight is 561 g/mol. The molecule has 31 heavy (non-hydrogen) atoms. The third-order valence-corrected chi connectivity index (χ3v) is 6.67. The molecule has 172 valence electrons. The predicted octanol–water partition coefficient (Wildman–Crippen LogP) is 3.17. The molecule has 3 rings (SSSR count). The molecule has 2 atom stereocenters. The Labute approximate surface area is 202 Å². The van der Waals surface area contributed by atoms with Crippen LogP contribution in [0.15, 0.2) is 47.5 Å². The number of sulfonamides is 1. The third kappa shape index (κ3) is 8.21. The van der Waals surface area contributed by atoms with Gasteiger partial charge in [-0.05, 0) is 48.6 Å². The zero-order chi connectivity index (χ0) is 21.4. The van der Waals surface area contributed by atoms with Crippen LogP contribution in [0, 0.1) is 0 Å². The number of guanidine groups is 1. The molecule has 3 N–H and O–H groups in total. The number of hydrogen-bond donors (Lipinski definition) is 3. The van der Waals surface area contributed by atoms with Crippen LogP contribution in [0.5, 0.6) is 0 Å². The van der Waals surface area contributed by atoms with Crippen molar-refractivity contribution in [1.29, 1.82) is 0 Å². The first kappa shape index (κ1) is 25.8. The monoisotopic (exact) mass is 560 g/mol. The lowest BCUT2D eigenvalue weighted by Crippen LogP contribution is -2.43. The molecule has 2 unspecified atom stereocenters. The molecule has 2 aromatic carbocycles. The molecule has 1 fully saturated rings. The Morgan fingerprint density at radius 1 is 1.19 bits per heavy atom. The number of halogens is 1. The van der Waals surface area contributed by atoms with Gasteiger partial charge in [0.15, 0.2) is 5.96 Å². The number of ether oxygens (including phenoxy) is 1. The summed E-state index contributed by atoms with van der Waals surface area (Å²) in [6.45, 7) is 3.38. The Kier molecular flexibility index (Phi) is 10.5. The Bertz CT molecular complexity index is 962. The maximum absolute atomic E-state index is 12.2. The van der Waals surface area contributed by atoms with Crippen LogP contribution in [-0.4, -0.2) is 53.0 Å². The van der Waals surface area contributed by atoms with Crippen LogP contribution in [0.2, 0.25) is 0 Å². The molecule has 0 radical (unpaired) electrons. The second-order valence-electron chi connectivity index (χ2n) is 7.63. The summed E-state index contributed by atoms with van der Waals surface area (Å²) in [4.78, 5) is 4.21. The molecule has 0 aromatic heterocycles. The van der Waals surface area contributed by atoms with E-state index in [1.807, 2.05) is 12.1 Å². The largest absolute Gasteiger partial charge is 0.377 e. The zero-order valence-corrected chi connectivity index (χ0v) is 21.3. The molecule has 2 aromatic rings. The van der Waals surface area contributed by atoms with Gasteiger partial charge in [-0.15, -0.1) is 24.0 Å². The summed E-state index contributed by atoms with van der Waals surface area (Å²) in [6, 6.07) is 14.6. The van der Waals surface area contributed by atoms with E-state index in [0.29, 0.717) is 19.1 Å².